The smallest absolute Gasteiger partial charge is 0.242 e. The number of pyridine rings is 1. The Hall–Kier alpha value is -1.61. The van der Waals surface area contributed by atoms with Crippen molar-refractivity contribution in [2.75, 3.05) is 5.32 Å². The van der Waals surface area contributed by atoms with Gasteiger partial charge in [0, 0.05) is 5.39 Å². The van der Waals surface area contributed by atoms with Crippen molar-refractivity contribution >= 4 is 34.1 Å². The summed E-state index contributed by atoms with van der Waals surface area (Å²) in [6.07, 6.45) is 1.62. The molecule has 0 saturated carbocycles. The standard InChI is InChI=1S/C12H11ClN2O/c1-8(13)12(16)15-10-6-9-4-2-3-5-11(9)14-7-10/h2-8H,1H3,(H,15,16). The summed E-state index contributed by atoms with van der Waals surface area (Å²) in [4.78, 5) is 15.6. The SMILES string of the molecule is CC(Cl)C(=O)Nc1cnc2ccccc2c1. The van der Waals surface area contributed by atoms with Gasteiger partial charge in [-0.1, -0.05) is 18.2 Å². The third-order valence-electron chi connectivity index (χ3n) is 2.22. The summed E-state index contributed by atoms with van der Waals surface area (Å²) in [5.74, 6) is -0.223. The van der Waals surface area contributed by atoms with Crippen LogP contribution >= 0.6 is 11.6 Å². The molecule has 0 spiro atoms. The predicted molar refractivity (Wildman–Crippen MR) is 65.7 cm³/mol. The summed E-state index contributed by atoms with van der Waals surface area (Å²) in [5.41, 5.74) is 1.57. The van der Waals surface area contributed by atoms with Gasteiger partial charge in [0.2, 0.25) is 5.91 Å². The molecule has 0 saturated heterocycles. The second-order valence-corrected chi connectivity index (χ2v) is 4.18. The average molecular weight is 235 g/mol. The third-order valence-corrected chi connectivity index (χ3v) is 2.42. The zero-order chi connectivity index (χ0) is 11.5. The molecule has 4 heteroatoms. The number of para-hydroxylation sites is 1. The Morgan fingerprint density at radius 3 is 2.94 bits per heavy atom. The number of carbonyl (C=O) groups excluding carboxylic acids is 1. The largest absolute Gasteiger partial charge is 0.323 e. The number of nitrogens with zero attached hydrogens (tertiary/aromatic N) is 1. The van der Waals surface area contributed by atoms with Gasteiger partial charge in [-0.25, -0.2) is 0 Å². The molecule has 1 heterocycles. The van der Waals surface area contributed by atoms with Gasteiger partial charge in [-0.3, -0.25) is 9.78 Å². The van der Waals surface area contributed by atoms with Crippen LogP contribution in [0.3, 0.4) is 0 Å². The van der Waals surface area contributed by atoms with Crippen molar-refractivity contribution < 1.29 is 4.79 Å². The molecule has 0 fully saturated rings. The monoisotopic (exact) mass is 234 g/mol. The Bertz CT molecular complexity index is 525. The highest BCUT2D eigenvalue weighted by Crippen LogP contribution is 2.16. The van der Waals surface area contributed by atoms with Gasteiger partial charge in [-0.05, 0) is 19.1 Å². The number of hydrogen-bond acceptors (Lipinski definition) is 2. The number of nitrogens with one attached hydrogen (secondary N) is 1. The minimum absolute atomic E-state index is 0.223. The number of fused-ring (bicyclic) bond motifs is 1. The van der Waals surface area contributed by atoms with Crippen LogP contribution in [0.5, 0.6) is 0 Å². The van der Waals surface area contributed by atoms with E-state index in [4.69, 9.17) is 11.6 Å². The molecule has 0 aliphatic rings. The van der Waals surface area contributed by atoms with Crippen LogP contribution in [-0.4, -0.2) is 16.3 Å². The van der Waals surface area contributed by atoms with Gasteiger partial charge in [0.1, 0.15) is 5.38 Å². The maximum absolute atomic E-state index is 11.4. The molecule has 2 rings (SSSR count). The molecular weight excluding hydrogens is 224 g/mol. The normalized spacial score (nSPS) is 12.4. The van der Waals surface area contributed by atoms with Gasteiger partial charge in [-0.2, -0.15) is 0 Å². The van der Waals surface area contributed by atoms with Gasteiger partial charge < -0.3 is 5.32 Å². The molecule has 16 heavy (non-hydrogen) atoms. The van der Waals surface area contributed by atoms with Crippen LogP contribution in [-0.2, 0) is 4.79 Å². The van der Waals surface area contributed by atoms with Crippen molar-refractivity contribution in [1.82, 2.24) is 4.98 Å². The first-order valence-corrected chi connectivity index (χ1v) is 5.40. The van der Waals surface area contributed by atoms with Crippen LogP contribution in [0.15, 0.2) is 36.5 Å². The van der Waals surface area contributed by atoms with Crippen LogP contribution < -0.4 is 5.32 Å². The van der Waals surface area contributed by atoms with Gasteiger partial charge in [0.25, 0.3) is 0 Å². The lowest BCUT2D eigenvalue weighted by molar-refractivity contribution is -0.115. The van der Waals surface area contributed by atoms with E-state index in [2.05, 4.69) is 10.3 Å². The summed E-state index contributed by atoms with van der Waals surface area (Å²) in [7, 11) is 0. The van der Waals surface area contributed by atoms with Crippen LogP contribution in [0.4, 0.5) is 5.69 Å². The van der Waals surface area contributed by atoms with Crippen molar-refractivity contribution in [3.8, 4) is 0 Å². The zero-order valence-electron chi connectivity index (χ0n) is 8.77. The molecule has 1 atom stereocenters. The molecule has 82 valence electrons. The van der Waals surface area contributed by atoms with E-state index < -0.39 is 5.38 Å². The first-order chi connectivity index (χ1) is 7.66. The molecule has 0 radical (unpaired) electrons. The number of hydrogen-bond donors (Lipinski definition) is 1. The fourth-order valence-electron chi connectivity index (χ4n) is 1.38. The van der Waals surface area contributed by atoms with Crippen molar-refractivity contribution in [2.24, 2.45) is 0 Å². The molecule has 1 amide bonds. The fraction of sp³-hybridized carbons (Fsp3) is 0.167. The Balaban J connectivity index is 2.29. The summed E-state index contributed by atoms with van der Waals surface area (Å²) in [5, 5.41) is 3.14. The number of alkyl halides is 1. The Labute approximate surface area is 98.4 Å². The number of halogens is 1. The highest BCUT2D eigenvalue weighted by atomic mass is 35.5. The zero-order valence-corrected chi connectivity index (χ0v) is 9.53. The van der Waals surface area contributed by atoms with Crippen LogP contribution in [0.1, 0.15) is 6.92 Å². The maximum atomic E-state index is 11.4. The van der Waals surface area contributed by atoms with Crippen molar-refractivity contribution in [2.45, 2.75) is 12.3 Å². The number of rotatable bonds is 2. The van der Waals surface area contributed by atoms with Crippen LogP contribution in [0, 0.1) is 0 Å². The number of amides is 1. The summed E-state index contributed by atoms with van der Waals surface area (Å²) in [6, 6.07) is 9.60. The molecule has 3 nitrogen and oxygen atoms in total. The van der Waals surface area contributed by atoms with E-state index in [1.165, 1.54) is 0 Å². The maximum Gasteiger partial charge on any atom is 0.242 e. The summed E-state index contributed by atoms with van der Waals surface area (Å²) >= 11 is 5.66. The van der Waals surface area contributed by atoms with Crippen LogP contribution in [0.25, 0.3) is 10.9 Å². The number of benzene rings is 1. The number of aromatic nitrogens is 1. The van der Waals surface area contributed by atoms with Gasteiger partial charge >= 0.3 is 0 Å². The Kier molecular flexibility index (Phi) is 3.06. The van der Waals surface area contributed by atoms with E-state index in [9.17, 15) is 4.79 Å². The first kappa shape index (κ1) is 10.9. The minimum Gasteiger partial charge on any atom is -0.323 e. The van der Waals surface area contributed by atoms with Crippen molar-refractivity contribution in [3.63, 3.8) is 0 Å². The summed E-state index contributed by atoms with van der Waals surface area (Å²) in [6.45, 7) is 1.63. The van der Waals surface area contributed by atoms with E-state index >= 15 is 0 Å². The molecule has 0 aliphatic heterocycles. The molecule has 0 aliphatic carbocycles. The van der Waals surface area contributed by atoms with E-state index in [1.54, 1.807) is 13.1 Å². The predicted octanol–water partition coefficient (Wildman–Crippen LogP) is 2.80. The molecule has 1 N–H and O–H groups in total. The third kappa shape index (κ3) is 2.31. The van der Waals surface area contributed by atoms with E-state index in [0.717, 1.165) is 10.9 Å². The highest BCUT2D eigenvalue weighted by Gasteiger charge is 2.09. The van der Waals surface area contributed by atoms with Crippen molar-refractivity contribution in [1.29, 1.82) is 0 Å². The second kappa shape index (κ2) is 4.49. The fourth-order valence-corrected chi connectivity index (χ4v) is 1.44. The molecule has 0 bridgehead atoms. The topological polar surface area (TPSA) is 42.0 Å². The van der Waals surface area contributed by atoms with E-state index in [0.29, 0.717) is 5.69 Å². The lowest BCUT2D eigenvalue weighted by Crippen LogP contribution is -2.20. The van der Waals surface area contributed by atoms with Gasteiger partial charge in [-0.15, -0.1) is 11.6 Å². The minimum atomic E-state index is -0.550. The number of carbonyl (C=O) groups is 1. The summed E-state index contributed by atoms with van der Waals surface area (Å²) < 4.78 is 0. The second-order valence-electron chi connectivity index (χ2n) is 3.52. The Morgan fingerprint density at radius 1 is 1.44 bits per heavy atom. The highest BCUT2D eigenvalue weighted by molar-refractivity contribution is 6.32. The Morgan fingerprint density at radius 2 is 2.19 bits per heavy atom. The average Bonchev–Trinajstić information content (AvgIpc) is 2.28. The van der Waals surface area contributed by atoms with Crippen molar-refractivity contribution in [3.05, 3.63) is 36.5 Å². The lowest BCUT2D eigenvalue weighted by atomic mass is 10.2. The number of anilines is 1. The van der Waals surface area contributed by atoms with E-state index in [-0.39, 0.29) is 5.91 Å². The molecule has 2 aromatic rings. The molecule has 1 aromatic carbocycles. The molecule has 1 aromatic heterocycles. The van der Waals surface area contributed by atoms with Gasteiger partial charge in [0.15, 0.2) is 0 Å². The lowest BCUT2D eigenvalue weighted by Gasteiger charge is -2.06. The molecule has 1 unspecified atom stereocenters. The molecular formula is C12H11ClN2O. The quantitative estimate of drug-likeness (QED) is 0.812. The first-order valence-electron chi connectivity index (χ1n) is 4.96. The van der Waals surface area contributed by atoms with E-state index in [1.807, 2.05) is 30.3 Å². The van der Waals surface area contributed by atoms with Gasteiger partial charge in [0.05, 0.1) is 17.4 Å². The van der Waals surface area contributed by atoms with Crippen LogP contribution in [0.2, 0.25) is 0 Å².